The first kappa shape index (κ1) is 19.9. The van der Waals surface area contributed by atoms with E-state index in [9.17, 15) is 4.39 Å². The molecule has 4 nitrogen and oxygen atoms in total. The van der Waals surface area contributed by atoms with Crippen molar-refractivity contribution in [1.29, 1.82) is 0 Å². The third-order valence-electron chi connectivity index (χ3n) is 5.39. The van der Waals surface area contributed by atoms with Gasteiger partial charge in [0.25, 0.3) is 0 Å². The smallest absolute Gasteiger partial charge is 0.174 e. The Labute approximate surface area is 193 Å². The number of aromatic nitrogens is 2. The van der Waals surface area contributed by atoms with E-state index in [1.165, 1.54) is 12.1 Å². The van der Waals surface area contributed by atoms with E-state index in [0.29, 0.717) is 5.11 Å². The Hall–Kier alpha value is -3.03. The first-order valence-electron chi connectivity index (χ1n) is 9.81. The predicted octanol–water partition coefficient (Wildman–Crippen LogP) is 5.95. The SMILES string of the molecule is Fc1ccc(-n2cccc2[C@@H]2[C@@H](c3ccccn3)NC(=S)N2c2ccc(Br)cc2)cc1. The standard InChI is InChI=1S/C24H18BrFN4S/c25-16-6-10-19(11-7-16)30-23(22(28-24(30)31)20-4-1-2-14-27-20)21-5-3-15-29(21)18-12-8-17(26)9-13-18/h1-15,22-23H,(H,28,31)/t22-,23-/m1/s1. The average Bonchev–Trinajstić information content (AvgIpc) is 3.40. The van der Waals surface area contributed by atoms with Crippen LogP contribution in [0.4, 0.5) is 10.1 Å². The minimum Gasteiger partial charge on any atom is -0.351 e. The van der Waals surface area contributed by atoms with Crippen molar-refractivity contribution in [3.05, 3.63) is 113 Å². The van der Waals surface area contributed by atoms with Crippen LogP contribution in [0.15, 0.2) is 95.7 Å². The van der Waals surface area contributed by atoms with Gasteiger partial charge in [-0.25, -0.2) is 4.39 Å². The summed E-state index contributed by atoms with van der Waals surface area (Å²) >= 11 is 9.28. The third-order valence-corrected chi connectivity index (χ3v) is 6.23. The Morgan fingerprint density at radius 1 is 0.903 bits per heavy atom. The fraction of sp³-hybridized carbons (Fsp3) is 0.0833. The summed E-state index contributed by atoms with van der Waals surface area (Å²) in [6, 6.07) is 24.2. The van der Waals surface area contributed by atoms with E-state index in [-0.39, 0.29) is 17.9 Å². The number of thiocarbonyl (C=S) groups is 1. The Morgan fingerprint density at radius 3 is 2.35 bits per heavy atom. The molecular weight excluding hydrogens is 475 g/mol. The second-order valence-corrected chi connectivity index (χ2v) is 8.55. The number of pyridine rings is 1. The average molecular weight is 493 g/mol. The number of hydrogen-bond acceptors (Lipinski definition) is 2. The zero-order chi connectivity index (χ0) is 21.4. The van der Waals surface area contributed by atoms with Crippen LogP contribution >= 0.6 is 28.1 Å². The highest BCUT2D eigenvalue weighted by Gasteiger charge is 2.42. The molecule has 3 heterocycles. The van der Waals surface area contributed by atoms with Gasteiger partial charge in [-0.3, -0.25) is 4.98 Å². The van der Waals surface area contributed by atoms with Gasteiger partial charge in [-0.15, -0.1) is 0 Å². The molecule has 1 fully saturated rings. The summed E-state index contributed by atoms with van der Waals surface area (Å²) in [4.78, 5) is 6.72. The molecule has 0 bridgehead atoms. The van der Waals surface area contributed by atoms with Crippen LogP contribution in [0, 0.1) is 5.82 Å². The minimum atomic E-state index is -0.260. The molecule has 0 unspecified atom stereocenters. The number of nitrogens with one attached hydrogen (secondary N) is 1. The Morgan fingerprint density at radius 2 is 1.65 bits per heavy atom. The molecule has 31 heavy (non-hydrogen) atoms. The maximum Gasteiger partial charge on any atom is 0.174 e. The lowest BCUT2D eigenvalue weighted by Crippen LogP contribution is -2.30. The van der Waals surface area contributed by atoms with Crippen LogP contribution in [0.5, 0.6) is 0 Å². The van der Waals surface area contributed by atoms with Crippen LogP contribution in [0.3, 0.4) is 0 Å². The maximum atomic E-state index is 13.5. The number of halogens is 2. The van der Waals surface area contributed by atoms with E-state index in [0.717, 1.165) is 27.2 Å². The van der Waals surface area contributed by atoms with Crippen molar-refractivity contribution in [1.82, 2.24) is 14.9 Å². The maximum absolute atomic E-state index is 13.5. The van der Waals surface area contributed by atoms with Crippen LogP contribution in [-0.2, 0) is 0 Å². The Kier molecular flexibility index (Phi) is 5.29. The van der Waals surface area contributed by atoms with Gasteiger partial charge >= 0.3 is 0 Å². The highest BCUT2D eigenvalue weighted by Crippen LogP contribution is 2.42. The molecule has 0 spiro atoms. The Bertz CT molecular complexity index is 1210. The summed E-state index contributed by atoms with van der Waals surface area (Å²) < 4.78 is 16.6. The van der Waals surface area contributed by atoms with Gasteiger partial charge in [0, 0.05) is 33.9 Å². The van der Waals surface area contributed by atoms with E-state index in [1.807, 2.05) is 54.7 Å². The van der Waals surface area contributed by atoms with E-state index >= 15 is 0 Å². The zero-order valence-corrected chi connectivity index (χ0v) is 18.7. The lowest BCUT2D eigenvalue weighted by molar-refractivity contribution is 0.549. The molecule has 0 saturated carbocycles. The summed E-state index contributed by atoms with van der Waals surface area (Å²) in [5.74, 6) is -0.260. The third kappa shape index (κ3) is 3.75. The van der Waals surface area contributed by atoms with Gasteiger partial charge in [-0.2, -0.15) is 0 Å². The monoisotopic (exact) mass is 492 g/mol. The molecule has 1 saturated heterocycles. The molecule has 0 aliphatic carbocycles. The normalized spacial score (nSPS) is 18.3. The van der Waals surface area contributed by atoms with Crippen molar-refractivity contribution in [2.45, 2.75) is 12.1 Å². The summed E-state index contributed by atoms with van der Waals surface area (Å²) in [5.41, 5.74) is 3.80. The molecule has 2 aromatic carbocycles. The minimum absolute atomic E-state index is 0.147. The van der Waals surface area contributed by atoms with Gasteiger partial charge in [0.2, 0.25) is 0 Å². The molecule has 5 rings (SSSR count). The second-order valence-electron chi connectivity index (χ2n) is 7.25. The molecule has 4 aromatic rings. The predicted molar refractivity (Wildman–Crippen MR) is 128 cm³/mol. The lowest BCUT2D eigenvalue weighted by Gasteiger charge is -2.29. The number of anilines is 1. The molecule has 0 amide bonds. The van der Waals surface area contributed by atoms with E-state index in [1.54, 1.807) is 18.3 Å². The van der Waals surface area contributed by atoms with Gasteiger partial charge in [0.05, 0.1) is 11.7 Å². The molecular formula is C24H18BrFN4S. The highest BCUT2D eigenvalue weighted by atomic mass is 79.9. The summed E-state index contributed by atoms with van der Waals surface area (Å²) in [6.07, 6.45) is 3.78. The number of hydrogen-bond donors (Lipinski definition) is 1. The van der Waals surface area contributed by atoms with Crippen molar-refractivity contribution < 1.29 is 4.39 Å². The topological polar surface area (TPSA) is 33.1 Å². The molecule has 1 aliphatic rings. The number of benzene rings is 2. The van der Waals surface area contributed by atoms with Gasteiger partial charge < -0.3 is 14.8 Å². The van der Waals surface area contributed by atoms with E-state index in [4.69, 9.17) is 12.2 Å². The molecule has 1 N–H and O–H groups in total. The van der Waals surface area contributed by atoms with Crippen molar-refractivity contribution in [2.75, 3.05) is 4.90 Å². The second kappa shape index (κ2) is 8.24. The zero-order valence-electron chi connectivity index (χ0n) is 16.3. The van der Waals surface area contributed by atoms with Crippen LogP contribution in [0.2, 0.25) is 0 Å². The van der Waals surface area contributed by atoms with E-state index in [2.05, 4.69) is 41.8 Å². The summed E-state index contributed by atoms with van der Waals surface area (Å²) in [5, 5.41) is 4.10. The molecule has 2 atom stereocenters. The Balaban J connectivity index is 1.66. The molecule has 0 radical (unpaired) electrons. The van der Waals surface area contributed by atoms with Gasteiger partial charge in [0.15, 0.2) is 5.11 Å². The van der Waals surface area contributed by atoms with Crippen molar-refractivity contribution >= 4 is 38.9 Å². The summed E-state index contributed by atoms with van der Waals surface area (Å²) in [6.45, 7) is 0. The largest absolute Gasteiger partial charge is 0.351 e. The molecule has 2 aromatic heterocycles. The fourth-order valence-electron chi connectivity index (χ4n) is 4.01. The highest BCUT2D eigenvalue weighted by molar-refractivity contribution is 9.10. The van der Waals surface area contributed by atoms with Crippen LogP contribution < -0.4 is 10.2 Å². The van der Waals surface area contributed by atoms with Gasteiger partial charge in [-0.05, 0) is 85.0 Å². The lowest BCUT2D eigenvalue weighted by atomic mass is 10.0. The van der Waals surface area contributed by atoms with Gasteiger partial charge in [-0.1, -0.05) is 22.0 Å². The fourth-order valence-corrected chi connectivity index (χ4v) is 4.62. The van der Waals surface area contributed by atoms with Crippen molar-refractivity contribution in [3.63, 3.8) is 0 Å². The summed E-state index contributed by atoms with van der Waals surface area (Å²) in [7, 11) is 0. The first-order chi connectivity index (χ1) is 15.1. The quantitative estimate of drug-likeness (QED) is 0.356. The van der Waals surface area contributed by atoms with Gasteiger partial charge in [0.1, 0.15) is 11.9 Å². The van der Waals surface area contributed by atoms with Crippen LogP contribution in [0.1, 0.15) is 23.5 Å². The molecule has 154 valence electrons. The van der Waals surface area contributed by atoms with E-state index < -0.39 is 0 Å². The van der Waals surface area contributed by atoms with Crippen molar-refractivity contribution in [2.24, 2.45) is 0 Å². The first-order valence-corrected chi connectivity index (χ1v) is 11.0. The molecule has 7 heteroatoms. The van der Waals surface area contributed by atoms with Crippen molar-refractivity contribution in [3.8, 4) is 5.69 Å². The van der Waals surface area contributed by atoms with Crippen LogP contribution in [-0.4, -0.2) is 14.7 Å². The van der Waals surface area contributed by atoms with Crippen LogP contribution in [0.25, 0.3) is 5.69 Å². The number of nitrogens with zero attached hydrogens (tertiary/aromatic N) is 3. The molecule has 1 aliphatic heterocycles. The number of rotatable bonds is 4.